The van der Waals surface area contributed by atoms with Gasteiger partial charge in [-0.3, -0.25) is 9.59 Å². The van der Waals surface area contributed by atoms with Crippen molar-refractivity contribution in [2.24, 2.45) is 23.7 Å². The first-order chi connectivity index (χ1) is 6.27. The van der Waals surface area contributed by atoms with Gasteiger partial charge in [0.25, 0.3) is 0 Å². The molecule has 1 saturated heterocycles. The number of carbonyl (C=O) groups excluding carboxylic acids is 2. The summed E-state index contributed by atoms with van der Waals surface area (Å²) in [5.74, 6) is 0.247. The van der Waals surface area contributed by atoms with E-state index in [0.29, 0.717) is 11.8 Å². The molecule has 0 aromatic rings. The van der Waals surface area contributed by atoms with Gasteiger partial charge in [0, 0.05) is 0 Å². The Bertz CT molecular complexity index is 248. The Labute approximate surface area is 76.4 Å². The van der Waals surface area contributed by atoms with Gasteiger partial charge in [-0.15, -0.1) is 0 Å². The predicted molar refractivity (Wildman–Crippen MR) is 43.5 cm³/mol. The average Bonchev–Trinajstić information content (AvgIpc) is 2.47. The lowest BCUT2D eigenvalue weighted by molar-refractivity contribution is -0.154. The molecule has 3 saturated carbocycles. The Hall–Kier alpha value is -0.860. The molecule has 13 heavy (non-hydrogen) atoms. The molecule has 1 heterocycles. The number of carbonyl (C=O) groups is 2. The molecule has 0 spiro atoms. The molecule has 70 valence electrons. The molecular formula is C10H12O3. The number of ether oxygens (including phenoxy) is 1. The monoisotopic (exact) mass is 180 g/mol. The number of cyclic esters (lactones) is 2. The summed E-state index contributed by atoms with van der Waals surface area (Å²) < 4.78 is 4.71. The van der Waals surface area contributed by atoms with Crippen LogP contribution in [0.4, 0.5) is 0 Å². The molecule has 2 atom stereocenters. The van der Waals surface area contributed by atoms with Gasteiger partial charge in [-0.05, 0) is 37.5 Å². The van der Waals surface area contributed by atoms with E-state index >= 15 is 0 Å². The van der Waals surface area contributed by atoms with Crippen LogP contribution in [0, 0.1) is 23.7 Å². The zero-order valence-electron chi connectivity index (χ0n) is 7.36. The highest BCUT2D eigenvalue weighted by Crippen LogP contribution is 2.52. The van der Waals surface area contributed by atoms with Crippen molar-refractivity contribution in [1.29, 1.82) is 0 Å². The van der Waals surface area contributed by atoms with Gasteiger partial charge in [0.05, 0.1) is 11.8 Å². The molecule has 3 nitrogen and oxygen atoms in total. The maximum atomic E-state index is 11.4. The zero-order valence-corrected chi connectivity index (χ0v) is 7.36. The third-order valence-corrected chi connectivity index (χ3v) is 3.96. The molecule has 3 heteroatoms. The number of hydrogen-bond donors (Lipinski definition) is 0. The van der Waals surface area contributed by atoms with Gasteiger partial charge >= 0.3 is 11.9 Å². The molecule has 0 radical (unpaired) electrons. The first-order valence-electron chi connectivity index (χ1n) is 5.03. The highest BCUT2D eigenvalue weighted by molar-refractivity contribution is 5.97. The molecule has 0 N–H and O–H groups in total. The summed E-state index contributed by atoms with van der Waals surface area (Å²) >= 11 is 0. The van der Waals surface area contributed by atoms with Crippen LogP contribution in [0.5, 0.6) is 0 Å². The lowest BCUT2D eigenvalue weighted by Crippen LogP contribution is -2.41. The Morgan fingerprint density at radius 3 is 1.62 bits per heavy atom. The topological polar surface area (TPSA) is 43.4 Å². The van der Waals surface area contributed by atoms with Crippen molar-refractivity contribution in [1.82, 2.24) is 0 Å². The summed E-state index contributed by atoms with van der Waals surface area (Å²) in [4.78, 5) is 22.7. The van der Waals surface area contributed by atoms with Crippen LogP contribution < -0.4 is 0 Å². The van der Waals surface area contributed by atoms with E-state index in [9.17, 15) is 9.59 Å². The van der Waals surface area contributed by atoms with Gasteiger partial charge in [0.2, 0.25) is 0 Å². The molecule has 4 fully saturated rings. The smallest absolute Gasteiger partial charge is 0.317 e. The molecule has 0 aromatic carbocycles. The highest BCUT2D eigenvalue weighted by Gasteiger charge is 2.56. The van der Waals surface area contributed by atoms with Crippen molar-refractivity contribution >= 4 is 11.9 Å². The average molecular weight is 180 g/mol. The number of hydrogen-bond acceptors (Lipinski definition) is 3. The van der Waals surface area contributed by atoms with Gasteiger partial charge in [0.1, 0.15) is 0 Å². The van der Waals surface area contributed by atoms with Gasteiger partial charge in [-0.2, -0.15) is 0 Å². The summed E-state index contributed by atoms with van der Waals surface area (Å²) in [6.45, 7) is 0. The van der Waals surface area contributed by atoms with Gasteiger partial charge in [-0.25, -0.2) is 0 Å². The Kier molecular flexibility index (Phi) is 1.35. The second-order valence-corrected chi connectivity index (χ2v) is 4.47. The molecule has 3 aliphatic carbocycles. The van der Waals surface area contributed by atoms with E-state index in [1.165, 1.54) is 0 Å². The predicted octanol–water partition coefficient (Wildman–Crippen LogP) is 1.12. The summed E-state index contributed by atoms with van der Waals surface area (Å²) in [7, 11) is 0. The maximum absolute atomic E-state index is 11.4. The largest absolute Gasteiger partial charge is 0.393 e. The lowest BCUT2D eigenvalue weighted by atomic mass is 9.59. The van der Waals surface area contributed by atoms with Crippen molar-refractivity contribution in [3.05, 3.63) is 0 Å². The van der Waals surface area contributed by atoms with Crippen LogP contribution in [0.2, 0.25) is 0 Å². The summed E-state index contributed by atoms with van der Waals surface area (Å²) in [5.41, 5.74) is 0. The van der Waals surface area contributed by atoms with E-state index in [-0.39, 0.29) is 23.8 Å². The fraction of sp³-hybridized carbons (Fsp3) is 0.800. The van der Waals surface area contributed by atoms with Crippen LogP contribution >= 0.6 is 0 Å². The number of fused-ring (bicyclic) bond motifs is 2. The minimum absolute atomic E-state index is 0.0694. The van der Waals surface area contributed by atoms with Crippen LogP contribution in [0.25, 0.3) is 0 Å². The van der Waals surface area contributed by atoms with Crippen molar-refractivity contribution in [3.8, 4) is 0 Å². The van der Waals surface area contributed by atoms with E-state index in [0.717, 1.165) is 25.7 Å². The molecule has 0 amide bonds. The second-order valence-electron chi connectivity index (χ2n) is 4.47. The van der Waals surface area contributed by atoms with Crippen molar-refractivity contribution in [2.75, 3.05) is 0 Å². The van der Waals surface area contributed by atoms with Crippen molar-refractivity contribution in [3.63, 3.8) is 0 Å². The zero-order chi connectivity index (χ0) is 9.00. The van der Waals surface area contributed by atoms with Crippen LogP contribution in [0.15, 0.2) is 0 Å². The lowest BCUT2D eigenvalue weighted by Gasteiger charge is -2.41. The summed E-state index contributed by atoms with van der Waals surface area (Å²) in [6, 6.07) is 0. The fourth-order valence-corrected chi connectivity index (χ4v) is 3.36. The molecule has 4 rings (SSSR count). The van der Waals surface area contributed by atoms with Crippen molar-refractivity contribution < 1.29 is 14.3 Å². The van der Waals surface area contributed by atoms with Gasteiger partial charge in [-0.1, -0.05) is 0 Å². The number of rotatable bonds is 0. The van der Waals surface area contributed by atoms with E-state index < -0.39 is 0 Å². The highest BCUT2D eigenvalue weighted by atomic mass is 16.6. The van der Waals surface area contributed by atoms with Crippen LogP contribution in [-0.2, 0) is 14.3 Å². The first kappa shape index (κ1) is 7.54. The van der Waals surface area contributed by atoms with E-state index in [1.807, 2.05) is 0 Å². The minimum atomic E-state index is -0.246. The standard InChI is InChI=1S/C10H12O3/c11-9-7-5-1-2-6(4-3-5)8(7)10(12)13-9/h5-8H,1-4H2/t5-,6+,7?,8?. The summed E-state index contributed by atoms with van der Waals surface area (Å²) in [5, 5.41) is 0. The molecular weight excluding hydrogens is 168 g/mol. The first-order valence-corrected chi connectivity index (χ1v) is 5.03. The quantitative estimate of drug-likeness (QED) is 0.414. The van der Waals surface area contributed by atoms with E-state index in [2.05, 4.69) is 0 Å². The normalized spacial score (nSPS) is 47.7. The fourth-order valence-electron chi connectivity index (χ4n) is 3.36. The molecule has 2 bridgehead atoms. The molecule has 4 aliphatic rings. The second kappa shape index (κ2) is 2.34. The van der Waals surface area contributed by atoms with Crippen LogP contribution in [0.3, 0.4) is 0 Å². The third-order valence-electron chi connectivity index (χ3n) is 3.96. The molecule has 2 unspecified atom stereocenters. The summed E-state index contributed by atoms with van der Waals surface area (Å²) in [6.07, 6.45) is 4.48. The molecule has 0 aromatic heterocycles. The minimum Gasteiger partial charge on any atom is -0.393 e. The molecule has 1 aliphatic heterocycles. The number of esters is 2. The SMILES string of the molecule is O=C1OC(=O)C2C1[C@H]1CC[C@@H]2CC1. The third kappa shape index (κ3) is 0.847. The Balaban J connectivity index is 2.00. The van der Waals surface area contributed by atoms with Crippen LogP contribution in [0.1, 0.15) is 25.7 Å². The van der Waals surface area contributed by atoms with Gasteiger partial charge in [0.15, 0.2) is 0 Å². The Morgan fingerprint density at radius 1 is 0.846 bits per heavy atom. The van der Waals surface area contributed by atoms with Crippen molar-refractivity contribution in [2.45, 2.75) is 25.7 Å². The van der Waals surface area contributed by atoms with Gasteiger partial charge < -0.3 is 4.74 Å². The Morgan fingerprint density at radius 2 is 1.23 bits per heavy atom. The maximum Gasteiger partial charge on any atom is 0.317 e. The van der Waals surface area contributed by atoms with Crippen LogP contribution in [-0.4, -0.2) is 11.9 Å². The van der Waals surface area contributed by atoms with E-state index in [1.54, 1.807) is 0 Å². The van der Waals surface area contributed by atoms with E-state index in [4.69, 9.17) is 4.74 Å².